The Morgan fingerprint density at radius 2 is 2.22 bits per heavy atom. The van der Waals surface area contributed by atoms with Crippen molar-refractivity contribution in [3.05, 3.63) is 39.1 Å². The van der Waals surface area contributed by atoms with Gasteiger partial charge in [-0.1, -0.05) is 22.9 Å². The molecule has 18 heavy (non-hydrogen) atoms. The van der Waals surface area contributed by atoms with E-state index in [1.54, 1.807) is 6.26 Å². The quantitative estimate of drug-likeness (QED) is 0.854. The number of hydrogen-bond acceptors (Lipinski definition) is 4. The average Bonchev–Trinajstić information content (AvgIpc) is 2.78. The molecule has 0 atom stereocenters. The predicted molar refractivity (Wildman–Crippen MR) is 75.8 cm³/mol. The molecule has 0 spiro atoms. The van der Waals surface area contributed by atoms with Crippen LogP contribution < -0.4 is 10.1 Å². The molecule has 1 heterocycles. The van der Waals surface area contributed by atoms with E-state index in [9.17, 15) is 0 Å². The number of halogens is 2. The van der Waals surface area contributed by atoms with Gasteiger partial charge in [-0.05, 0) is 40.7 Å². The molecule has 1 N–H and O–H groups in total. The maximum atomic E-state index is 5.55. The Kier molecular flexibility index (Phi) is 4.79. The Morgan fingerprint density at radius 3 is 2.94 bits per heavy atom. The van der Waals surface area contributed by atoms with Crippen LogP contribution in [-0.2, 0) is 6.54 Å². The van der Waals surface area contributed by atoms with Gasteiger partial charge in [-0.3, -0.25) is 0 Å². The van der Waals surface area contributed by atoms with Gasteiger partial charge in [0.05, 0.1) is 10.2 Å². The minimum Gasteiger partial charge on any atom is -0.417 e. The highest BCUT2D eigenvalue weighted by molar-refractivity contribution is 9.11. The van der Waals surface area contributed by atoms with Crippen LogP contribution in [0.5, 0.6) is 11.8 Å². The summed E-state index contributed by atoms with van der Waals surface area (Å²) >= 11 is 6.80. The van der Waals surface area contributed by atoms with Crippen LogP contribution in [0.25, 0.3) is 0 Å². The van der Waals surface area contributed by atoms with Gasteiger partial charge in [0.15, 0.2) is 0 Å². The fourth-order valence-electron chi connectivity index (χ4n) is 1.32. The normalized spacial score (nSPS) is 10.6. The second kappa shape index (κ2) is 6.36. The summed E-state index contributed by atoms with van der Waals surface area (Å²) < 4.78 is 12.6. The lowest BCUT2D eigenvalue weighted by atomic mass is 10.3. The Morgan fingerprint density at radius 1 is 1.39 bits per heavy atom. The zero-order valence-corrected chi connectivity index (χ0v) is 12.9. The van der Waals surface area contributed by atoms with Crippen molar-refractivity contribution in [1.82, 2.24) is 10.3 Å². The van der Waals surface area contributed by atoms with Crippen molar-refractivity contribution in [2.75, 3.05) is 6.54 Å². The molecule has 0 aliphatic heterocycles. The molecule has 0 bridgehead atoms. The van der Waals surface area contributed by atoms with Crippen molar-refractivity contribution in [3.8, 4) is 11.8 Å². The summed E-state index contributed by atoms with van der Waals surface area (Å²) in [6, 6.07) is 5.63. The molecule has 96 valence electrons. The van der Waals surface area contributed by atoms with Crippen molar-refractivity contribution in [2.24, 2.45) is 0 Å². The van der Waals surface area contributed by atoms with Gasteiger partial charge in [-0.15, -0.1) is 0 Å². The minimum atomic E-state index is 0.242. The highest BCUT2D eigenvalue weighted by atomic mass is 79.9. The summed E-state index contributed by atoms with van der Waals surface area (Å²) in [4.78, 5) is 4.22. The minimum absolute atomic E-state index is 0.242. The summed E-state index contributed by atoms with van der Waals surface area (Å²) in [5.41, 5.74) is 0.820. The molecule has 1 aromatic carbocycles. The highest BCUT2D eigenvalue weighted by Crippen LogP contribution is 2.31. The van der Waals surface area contributed by atoms with Gasteiger partial charge in [0.1, 0.15) is 12.0 Å². The molecule has 4 nitrogen and oxygen atoms in total. The smallest absolute Gasteiger partial charge is 0.399 e. The van der Waals surface area contributed by atoms with Crippen molar-refractivity contribution in [3.63, 3.8) is 0 Å². The first-order valence-corrected chi connectivity index (χ1v) is 7.05. The highest BCUT2D eigenvalue weighted by Gasteiger charge is 2.08. The molecule has 0 fully saturated rings. The average molecular weight is 376 g/mol. The fraction of sp³-hybridized carbons (Fsp3) is 0.250. The molecule has 0 saturated heterocycles. The van der Waals surface area contributed by atoms with Crippen LogP contribution in [0.15, 0.2) is 37.8 Å². The third kappa shape index (κ3) is 3.57. The monoisotopic (exact) mass is 374 g/mol. The van der Waals surface area contributed by atoms with Gasteiger partial charge < -0.3 is 14.5 Å². The van der Waals surface area contributed by atoms with Crippen LogP contribution in [0.1, 0.15) is 12.6 Å². The first kappa shape index (κ1) is 13.6. The van der Waals surface area contributed by atoms with Crippen LogP contribution in [-0.4, -0.2) is 11.5 Å². The van der Waals surface area contributed by atoms with Crippen LogP contribution in [0.3, 0.4) is 0 Å². The third-order valence-electron chi connectivity index (χ3n) is 2.18. The second-order valence-corrected chi connectivity index (χ2v) is 5.33. The summed E-state index contributed by atoms with van der Waals surface area (Å²) in [6.07, 6.45) is 1.83. The van der Waals surface area contributed by atoms with Gasteiger partial charge >= 0.3 is 6.08 Å². The number of oxazole rings is 1. The summed E-state index contributed by atoms with van der Waals surface area (Å²) in [6.45, 7) is 3.60. The van der Waals surface area contributed by atoms with Gasteiger partial charge in [-0.25, -0.2) is 0 Å². The molecule has 0 amide bonds. The number of rotatable bonds is 5. The zero-order valence-electron chi connectivity index (χ0n) is 9.74. The Labute approximate surface area is 122 Å². The van der Waals surface area contributed by atoms with E-state index in [0.29, 0.717) is 12.3 Å². The molecule has 1 aromatic heterocycles. The van der Waals surface area contributed by atoms with E-state index in [4.69, 9.17) is 9.15 Å². The fourth-order valence-corrected chi connectivity index (χ4v) is 2.45. The third-order valence-corrected chi connectivity index (χ3v) is 3.29. The number of nitrogens with one attached hydrogen (secondary N) is 1. The maximum Gasteiger partial charge on any atom is 0.399 e. The molecule has 0 aliphatic carbocycles. The standard InChI is InChI=1S/C12H12Br2N2O2/c1-2-15-6-9-7-17-12(16-9)18-11-4-3-8(13)5-10(11)14/h3-5,7,15H,2,6H2,1H3. The van der Waals surface area contributed by atoms with Gasteiger partial charge in [-0.2, -0.15) is 4.98 Å². The Bertz CT molecular complexity index is 529. The Hall–Kier alpha value is -0.850. The summed E-state index contributed by atoms with van der Waals surface area (Å²) in [5.74, 6) is 0.662. The van der Waals surface area contributed by atoms with Crippen LogP contribution in [0.2, 0.25) is 0 Å². The van der Waals surface area contributed by atoms with Crippen molar-refractivity contribution >= 4 is 31.9 Å². The Balaban J connectivity index is 2.06. The maximum absolute atomic E-state index is 5.55. The predicted octanol–water partition coefficient (Wildman–Crippen LogP) is 4.10. The number of hydrogen-bond donors (Lipinski definition) is 1. The summed E-state index contributed by atoms with van der Waals surface area (Å²) in [7, 11) is 0. The van der Waals surface area contributed by atoms with Crippen molar-refractivity contribution < 1.29 is 9.15 Å². The molecular formula is C12H12Br2N2O2. The van der Waals surface area contributed by atoms with Crippen LogP contribution in [0.4, 0.5) is 0 Å². The molecule has 0 aliphatic rings. The zero-order chi connectivity index (χ0) is 13.0. The lowest BCUT2D eigenvalue weighted by molar-refractivity contribution is 0.329. The lowest BCUT2D eigenvalue weighted by Crippen LogP contribution is -2.11. The molecular weight excluding hydrogens is 364 g/mol. The van der Waals surface area contributed by atoms with E-state index < -0.39 is 0 Å². The van der Waals surface area contributed by atoms with Gasteiger partial charge in [0, 0.05) is 11.0 Å². The SMILES string of the molecule is CCNCc1coc(Oc2ccc(Br)cc2Br)n1. The number of benzene rings is 1. The largest absolute Gasteiger partial charge is 0.417 e. The molecule has 0 saturated carbocycles. The molecule has 0 radical (unpaired) electrons. The van der Waals surface area contributed by atoms with E-state index in [2.05, 4.69) is 42.2 Å². The summed E-state index contributed by atoms with van der Waals surface area (Å²) in [5, 5.41) is 3.17. The second-order valence-electron chi connectivity index (χ2n) is 3.56. The van der Waals surface area contributed by atoms with Crippen molar-refractivity contribution in [2.45, 2.75) is 13.5 Å². The van der Waals surface area contributed by atoms with E-state index in [1.165, 1.54) is 0 Å². The number of ether oxygens (including phenoxy) is 1. The molecule has 6 heteroatoms. The topological polar surface area (TPSA) is 47.3 Å². The number of nitrogens with zero attached hydrogens (tertiary/aromatic N) is 1. The van der Waals surface area contributed by atoms with E-state index in [0.717, 1.165) is 21.2 Å². The molecule has 0 unspecified atom stereocenters. The first-order chi connectivity index (χ1) is 8.69. The van der Waals surface area contributed by atoms with E-state index >= 15 is 0 Å². The van der Waals surface area contributed by atoms with Crippen molar-refractivity contribution in [1.29, 1.82) is 0 Å². The van der Waals surface area contributed by atoms with Gasteiger partial charge in [0.2, 0.25) is 0 Å². The molecule has 2 aromatic rings. The van der Waals surface area contributed by atoms with Crippen LogP contribution >= 0.6 is 31.9 Å². The van der Waals surface area contributed by atoms with E-state index in [-0.39, 0.29) is 6.08 Å². The van der Waals surface area contributed by atoms with E-state index in [1.807, 2.05) is 25.1 Å². The number of aromatic nitrogens is 1. The first-order valence-electron chi connectivity index (χ1n) is 5.47. The molecule has 2 rings (SSSR count). The van der Waals surface area contributed by atoms with Gasteiger partial charge in [0.25, 0.3) is 0 Å². The van der Waals surface area contributed by atoms with Crippen LogP contribution in [0, 0.1) is 0 Å². The lowest BCUT2D eigenvalue weighted by Gasteiger charge is -2.03.